The summed E-state index contributed by atoms with van der Waals surface area (Å²) in [5.41, 5.74) is 8.59. The molecule has 0 spiro atoms. The van der Waals surface area contributed by atoms with Crippen LogP contribution in [0.25, 0.3) is 0 Å². The fourth-order valence-electron chi connectivity index (χ4n) is 7.36. The summed E-state index contributed by atoms with van der Waals surface area (Å²) >= 11 is 0. The van der Waals surface area contributed by atoms with E-state index in [0.29, 0.717) is 23.2 Å². The third kappa shape index (κ3) is 2.13. The summed E-state index contributed by atoms with van der Waals surface area (Å²) in [5.74, 6) is 3.17. The van der Waals surface area contributed by atoms with Gasteiger partial charge in [0.15, 0.2) is 0 Å². The maximum Gasteiger partial charge on any atom is 0.133 e. The van der Waals surface area contributed by atoms with Gasteiger partial charge in [-0.3, -0.25) is 4.79 Å². The molecule has 3 saturated carbocycles. The van der Waals surface area contributed by atoms with Crippen LogP contribution in [0, 0.1) is 34.5 Å². The van der Waals surface area contributed by atoms with Crippen LogP contribution in [0.5, 0.6) is 0 Å². The lowest BCUT2D eigenvalue weighted by Gasteiger charge is -2.58. The molecule has 0 heterocycles. The number of rotatable bonds is 1. The maximum atomic E-state index is 12.2. The van der Waals surface area contributed by atoms with Crippen molar-refractivity contribution in [3.63, 3.8) is 0 Å². The molecule has 0 amide bonds. The average molecular weight is 316 g/mol. The van der Waals surface area contributed by atoms with Crippen molar-refractivity contribution in [2.75, 3.05) is 0 Å². The van der Waals surface area contributed by atoms with Gasteiger partial charge in [-0.15, -0.1) is 0 Å². The first-order chi connectivity index (χ1) is 10.9. The Morgan fingerprint density at radius 2 is 1.91 bits per heavy atom. The van der Waals surface area contributed by atoms with E-state index < -0.39 is 0 Å². The molecule has 0 unspecified atom stereocenters. The van der Waals surface area contributed by atoms with E-state index in [0.717, 1.165) is 30.6 Å². The second kappa shape index (κ2) is 5.18. The monoisotopic (exact) mass is 315 g/mol. The first kappa shape index (κ1) is 15.9. The summed E-state index contributed by atoms with van der Waals surface area (Å²) in [6.07, 6.45) is 12.4. The lowest BCUT2D eigenvalue weighted by atomic mass is 9.47. The van der Waals surface area contributed by atoms with E-state index in [9.17, 15) is 4.79 Å². The first-order valence-corrected chi connectivity index (χ1v) is 9.82. The number of nitrogens with two attached hydrogens (primary N) is 1. The molecule has 4 aliphatic carbocycles. The molecular formula is C21H33NO. The van der Waals surface area contributed by atoms with Crippen molar-refractivity contribution in [2.24, 2.45) is 40.2 Å². The lowest BCUT2D eigenvalue weighted by molar-refractivity contribution is -0.127. The molecule has 0 bridgehead atoms. The number of Topliss-reactive ketones (excluding diaryl/α,β-unsaturated/α-hetero) is 1. The molecule has 0 aromatic rings. The van der Waals surface area contributed by atoms with Crippen molar-refractivity contribution in [3.8, 4) is 0 Å². The number of hydrogen-bond acceptors (Lipinski definition) is 2. The standard InChI is InChI=1S/C21H33NO/c1-13(23)17-6-7-18-16-5-4-14-12-15(22)8-10-20(14,2)19(16)9-11-21(17,18)3/h4,15-19H,5-12,22H2,1-3H3/t15-,16-,17-,18-,19-,20+,21-/m1/s1. The van der Waals surface area contributed by atoms with Crippen molar-refractivity contribution in [3.05, 3.63) is 11.6 Å². The summed E-state index contributed by atoms with van der Waals surface area (Å²) in [7, 11) is 0. The summed E-state index contributed by atoms with van der Waals surface area (Å²) in [4.78, 5) is 12.2. The molecule has 0 aromatic heterocycles. The van der Waals surface area contributed by atoms with Crippen molar-refractivity contribution < 1.29 is 4.79 Å². The van der Waals surface area contributed by atoms with Crippen LogP contribution in [0.4, 0.5) is 0 Å². The van der Waals surface area contributed by atoms with Crippen LogP contribution >= 0.6 is 0 Å². The van der Waals surface area contributed by atoms with Gasteiger partial charge in [0.2, 0.25) is 0 Å². The molecule has 2 heteroatoms. The van der Waals surface area contributed by atoms with Crippen LogP contribution in [-0.4, -0.2) is 11.8 Å². The number of carbonyl (C=O) groups excluding carboxylic acids is 1. The van der Waals surface area contributed by atoms with Crippen molar-refractivity contribution >= 4 is 5.78 Å². The normalized spacial score (nSPS) is 52.2. The second-order valence-corrected chi connectivity index (χ2v) is 9.55. The Labute approximate surface area is 141 Å². The molecule has 0 aliphatic heterocycles. The molecule has 2 N–H and O–H groups in total. The molecule has 0 aromatic carbocycles. The second-order valence-electron chi connectivity index (χ2n) is 9.55. The zero-order chi connectivity index (χ0) is 16.4. The molecule has 2 nitrogen and oxygen atoms in total. The Hall–Kier alpha value is -0.630. The van der Waals surface area contributed by atoms with E-state index in [1.54, 1.807) is 5.57 Å². The smallest absolute Gasteiger partial charge is 0.133 e. The summed E-state index contributed by atoms with van der Waals surface area (Å²) in [6, 6.07) is 0.383. The topological polar surface area (TPSA) is 43.1 Å². The molecule has 0 saturated heterocycles. The summed E-state index contributed by atoms with van der Waals surface area (Å²) < 4.78 is 0. The Morgan fingerprint density at radius 3 is 2.65 bits per heavy atom. The Kier molecular flexibility index (Phi) is 3.58. The Morgan fingerprint density at radius 1 is 1.13 bits per heavy atom. The minimum Gasteiger partial charge on any atom is -0.327 e. The van der Waals surface area contributed by atoms with Gasteiger partial charge in [-0.2, -0.15) is 0 Å². The summed E-state index contributed by atoms with van der Waals surface area (Å²) in [6.45, 7) is 6.79. The lowest BCUT2D eigenvalue weighted by Crippen LogP contribution is -2.51. The molecule has 4 rings (SSSR count). The highest BCUT2D eigenvalue weighted by Crippen LogP contribution is 2.66. The van der Waals surface area contributed by atoms with Gasteiger partial charge < -0.3 is 5.73 Å². The number of hydrogen-bond donors (Lipinski definition) is 1. The highest BCUT2D eigenvalue weighted by Gasteiger charge is 2.59. The van der Waals surface area contributed by atoms with Crippen LogP contribution < -0.4 is 5.73 Å². The minimum absolute atomic E-state index is 0.278. The van der Waals surface area contributed by atoms with E-state index in [1.807, 2.05) is 6.92 Å². The number of fused-ring (bicyclic) bond motifs is 5. The van der Waals surface area contributed by atoms with E-state index >= 15 is 0 Å². The van der Waals surface area contributed by atoms with Crippen LogP contribution in [0.3, 0.4) is 0 Å². The van der Waals surface area contributed by atoms with E-state index in [1.165, 1.54) is 38.5 Å². The Balaban J connectivity index is 1.66. The van der Waals surface area contributed by atoms with E-state index in [-0.39, 0.29) is 5.41 Å². The Bertz CT molecular complexity index is 552. The third-order valence-electron chi connectivity index (χ3n) is 8.63. The molecular weight excluding hydrogens is 282 g/mol. The van der Waals surface area contributed by atoms with Gasteiger partial charge in [0, 0.05) is 12.0 Å². The highest BCUT2D eigenvalue weighted by molar-refractivity contribution is 5.79. The molecule has 23 heavy (non-hydrogen) atoms. The molecule has 128 valence electrons. The van der Waals surface area contributed by atoms with Gasteiger partial charge in [0.1, 0.15) is 5.78 Å². The summed E-state index contributed by atoms with van der Waals surface area (Å²) in [5, 5.41) is 0. The van der Waals surface area contributed by atoms with Gasteiger partial charge in [-0.25, -0.2) is 0 Å². The van der Waals surface area contributed by atoms with Gasteiger partial charge in [-0.05, 0) is 86.9 Å². The molecule has 3 fully saturated rings. The number of carbonyl (C=O) groups is 1. The van der Waals surface area contributed by atoms with Crippen LogP contribution in [0.1, 0.15) is 72.1 Å². The quantitative estimate of drug-likeness (QED) is 0.725. The maximum absolute atomic E-state index is 12.2. The average Bonchev–Trinajstić information content (AvgIpc) is 2.85. The fraction of sp³-hybridized carbons (Fsp3) is 0.857. The largest absolute Gasteiger partial charge is 0.327 e. The van der Waals surface area contributed by atoms with Crippen LogP contribution in [0.15, 0.2) is 11.6 Å². The predicted octanol–water partition coefficient (Wildman–Crippen LogP) is 4.48. The van der Waals surface area contributed by atoms with Crippen molar-refractivity contribution in [1.82, 2.24) is 0 Å². The third-order valence-corrected chi connectivity index (χ3v) is 8.63. The highest BCUT2D eigenvalue weighted by atomic mass is 16.1. The zero-order valence-corrected chi connectivity index (χ0v) is 15.1. The van der Waals surface area contributed by atoms with Gasteiger partial charge in [-0.1, -0.05) is 25.5 Å². The van der Waals surface area contributed by atoms with Crippen molar-refractivity contribution in [2.45, 2.75) is 78.2 Å². The predicted molar refractivity (Wildman–Crippen MR) is 93.8 cm³/mol. The minimum atomic E-state index is 0.278. The van der Waals surface area contributed by atoms with Crippen molar-refractivity contribution in [1.29, 1.82) is 0 Å². The van der Waals surface area contributed by atoms with Gasteiger partial charge >= 0.3 is 0 Å². The molecule has 7 atom stereocenters. The van der Waals surface area contributed by atoms with Crippen LogP contribution in [0.2, 0.25) is 0 Å². The van der Waals surface area contributed by atoms with Gasteiger partial charge in [0.05, 0.1) is 0 Å². The number of ketones is 1. The number of allylic oxidation sites excluding steroid dienone is 1. The van der Waals surface area contributed by atoms with E-state index in [2.05, 4.69) is 19.9 Å². The zero-order valence-electron chi connectivity index (χ0n) is 15.1. The SMILES string of the molecule is CC(=O)[C@H]1CC[C@@H]2[C@H]3CC=C4C[C@H](N)CC[C@]4(C)[C@@H]3CC[C@]12C. The van der Waals surface area contributed by atoms with Crippen LogP contribution in [-0.2, 0) is 4.79 Å². The van der Waals surface area contributed by atoms with E-state index in [4.69, 9.17) is 5.73 Å². The molecule has 0 radical (unpaired) electrons. The molecule has 4 aliphatic rings. The van der Waals surface area contributed by atoms with Gasteiger partial charge in [0.25, 0.3) is 0 Å². The fourth-order valence-corrected chi connectivity index (χ4v) is 7.36. The first-order valence-electron chi connectivity index (χ1n) is 9.82.